The smallest absolute Gasteiger partial charge is 0.0879 e. The highest BCUT2D eigenvalue weighted by molar-refractivity contribution is 4.97. The van der Waals surface area contributed by atoms with Gasteiger partial charge in [-0.15, -0.1) is 0 Å². The maximum atomic E-state index is 10.6. The SMILES string of the molecule is CC1=C([O-])CCCO1. The van der Waals surface area contributed by atoms with Crippen LogP contribution in [0, 0.1) is 0 Å². The van der Waals surface area contributed by atoms with Gasteiger partial charge in [0.1, 0.15) is 0 Å². The zero-order chi connectivity index (χ0) is 5.98. The first kappa shape index (κ1) is 5.48. The van der Waals surface area contributed by atoms with Gasteiger partial charge in [0.05, 0.1) is 12.4 Å². The molecule has 0 aromatic heterocycles. The molecule has 2 nitrogen and oxygen atoms in total. The largest absolute Gasteiger partial charge is 0.873 e. The Bertz CT molecular complexity index is 102. The Kier molecular flexibility index (Phi) is 1.42. The number of ether oxygens (including phenoxy) is 1. The molecule has 0 saturated carbocycles. The summed E-state index contributed by atoms with van der Waals surface area (Å²) in [6.07, 6.45) is 1.56. The molecule has 0 saturated heterocycles. The topological polar surface area (TPSA) is 32.3 Å². The normalized spacial score (nSPS) is 20.6. The summed E-state index contributed by atoms with van der Waals surface area (Å²) in [6.45, 7) is 2.44. The van der Waals surface area contributed by atoms with Gasteiger partial charge in [-0.25, -0.2) is 0 Å². The van der Waals surface area contributed by atoms with Gasteiger partial charge in [0.2, 0.25) is 0 Å². The van der Waals surface area contributed by atoms with Crippen molar-refractivity contribution in [2.45, 2.75) is 19.8 Å². The minimum atomic E-state index is 0.163. The minimum Gasteiger partial charge on any atom is -0.873 e. The maximum absolute atomic E-state index is 10.6. The molecule has 46 valence electrons. The lowest BCUT2D eigenvalue weighted by Gasteiger charge is -2.21. The molecule has 0 unspecified atom stereocenters. The highest BCUT2D eigenvalue weighted by atomic mass is 16.5. The molecule has 0 aliphatic carbocycles. The average Bonchev–Trinajstić information content (AvgIpc) is 1.77. The summed E-state index contributed by atoms with van der Waals surface area (Å²) >= 11 is 0. The van der Waals surface area contributed by atoms with Crippen molar-refractivity contribution in [3.8, 4) is 0 Å². The third kappa shape index (κ3) is 0.941. The van der Waals surface area contributed by atoms with Gasteiger partial charge in [0.25, 0.3) is 0 Å². The van der Waals surface area contributed by atoms with Crippen LogP contribution >= 0.6 is 0 Å². The monoisotopic (exact) mass is 113 g/mol. The van der Waals surface area contributed by atoms with Crippen LogP contribution in [-0.4, -0.2) is 6.61 Å². The van der Waals surface area contributed by atoms with E-state index in [1.54, 1.807) is 6.92 Å². The summed E-state index contributed by atoms with van der Waals surface area (Å²) in [5.74, 6) is 0.743. The predicted octanol–water partition coefficient (Wildman–Crippen LogP) is 0.389. The molecule has 0 N–H and O–H groups in total. The maximum Gasteiger partial charge on any atom is 0.0879 e. The van der Waals surface area contributed by atoms with Crippen molar-refractivity contribution < 1.29 is 9.84 Å². The van der Waals surface area contributed by atoms with E-state index in [1.165, 1.54) is 0 Å². The van der Waals surface area contributed by atoms with Crippen molar-refractivity contribution in [1.82, 2.24) is 0 Å². The Morgan fingerprint density at radius 1 is 1.62 bits per heavy atom. The van der Waals surface area contributed by atoms with Crippen molar-refractivity contribution in [2.75, 3.05) is 6.61 Å². The number of rotatable bonds is 0. The second kappa shape index (κ2) is 2.07. The van der Waals surface area contributed by atoms with Crippen LogP contribution in [-0.2, 0) is 4.74 Å². The lowest BCUT2D eigenvalue weighted by Crippen LogP contribution is -2.13. The van der Waals surface area contributed by atoms with Gasteiger partial charge in [0, 0.05) is 0 Å². The van der Waals surface area contributed by atoms with Crippen LogP contribution in [0.15, 0.2) is 11.5 Å². The van der Waals surface area contributed by atoms with E-state index >= 15 is 0 Å². The van der Waals surface area contributed by atoms with Crippen LogP contribution in [0.3, 0.4) is 0 Å². The molecule has 0 bridgehead atoms. The quantitative estimate of drug-likeness (QED) is 0.455. The summed E-state index contributed by atoms with van der Waals surface area (Å²) in [5.41, 5.74) is 0. The number of hydrogen-bond acceptors (Lipinski definition) is 2. The molecule has 0 fully saturated rings. The standard InChI is InChI=1S/C6H10O2/c1-5-6(7)3-2-4-8-5/h7H,2-4H2,1H3/p-1. The van der Waals surface area contributed by atoms with Crippen molar-refractivity contribution in [2.24, 2.45) is 0 Å². The minimum absolute atomic E-state index is 0.163. The molecule has 1 heterocycles. The zero-order valence-electron chi connectivity index (χ0n) is 4.94. The van der Waals surface area contributed by atoms with E-state index in [0.717, 1.165) is 13.0 Å². The summed E-state index contributed by atoms with van der Waals surface area (Å²) < 4.78 is 4.96. The van der Waals surface area contributed by atoms with Gasteiger partial charge in [0.15, 0.2) is 0 Å². The van der Waals surface area contributed by atoms with Crippen molar-refractivity contribution >= 4 is 0 Å². The van der Waals surface area contributed by atoms with E-state index < -0.39 is 0 Å². The number of hydrogen-bond donors (Lipinski definition) is 0. The Labute approximate surface area is 48.8 Å². The van der Waals surface area contributed by atoms with Crippen molar-refractivity contribution in [1.29, 1.82) is 0 Å². The first-order valence-electron chi connectivity index (χ1n) is 2.80. The van der Waals surface area contributed by atoms with Gasteiger partial charge in [-0.05, 0) is 19.8 Å². The third-order valence-corrected chi connectivity index (χ3v) is 1.26. The van der Waals surface area contributed by atoms with Gasteiger partial charge in [-0.2, -0.15) is 0 Å². The van der Waals surface area contributed by atoms with E-state index in [2.05, 4.69) is 0 Å². The van der Waals surface area contributed by atoms with E-state index in [-0.39, 0.29) is 5.76 Å². The van der Waals surface area contributed by atoms with Crippen molar-refractivity contribution in [3.05, 3.63) is 11.5 Å². The highest BCUT2D eigenvalue weighted by Crippen LogP contribution is 2.12. The summed E-state index contributed by atoms with van der Waals surface area (Å²) in [7, 11) is 0. The van der Waals surface area contributed by atoms with E-state index in [4.69, 9.17) is 4.74 Å². The second-order valence-electron chi connectivity index (χ2n) is 1.93. The lowest BCUT2D eigenvalue weighted by atomic mass is 10.2. The fourth-order valence-electron chi connectivity index (χ4n) is 0.715. The fraction of sp³-hybridized carbons (Fsp3) is 0.667. The molecule has 1 aliphatic rings. The van der Waals surface area contributed by atoms with Gasteiger partial charge in [-0.1, -0.05) is 5.76 Å². The Balaban J connectivity index is 2.60. The van der Waals surface area contributed by atoms with Gasteiger partial charge in [-0.3, -0.25) is 0 Å². The molecule has 8 heavy (non-hydrogen) atoms. The molecule has 0 aromatic rings. The lowest BCUT2D eigenvalue weighted by molar-refractivity contribution is -0.314. The van der Waals surface area contributed by atoms with E-state index in [1.807, 2.05) is 0 Å². The number of allylic oxidation sites excluding steroid dienone is 2. The molecular weight excluding hydrogens is 104 g/mol. The van der Waals surface area contributed by atoms with Crippen LogP contribution in [0.1, 0.15) is 19.8 Å². The predicted molar refractivity (Wildman–Crippen MR) is 27.9 cm³/mol. The van der Waals surface area contributed by atoms with Crippen LogP contribution < -0.4 is 5.11 Å². The molecule has 0 atom stereocenters. The third-order valence-electron chi connectivity index (χ3n) is 1.26. The Morgan fingerprint density at radius 2 is 2.38 bits per heavy atom. The van der Waals surface area contributed by atoms with Crippen molar-refractivity contribution in [3.63, 3.8) is 0 Å². The first-order chi connectivity index (χ1) is 3.80. The molecule has 0 spiro atoms. The molecule has 0 radical (unpaired) electrons. The summed E-state index contributed by atoms with van der Waals surface area (Å²) in [5, 5.41) is 10.6. The molecular formula is C6H9O2-. The van der Waals surface area contributed by atoms with Crippen LogP contribution in [0.25, 0.3) is 0 Å². The van der Waals surface area contributed by atoms with E-state index in [0.29, 0.717) is 12.2 Å². The first-order valence-corrected chi connectivity index (χ1v) is 2.80. The average molecular weight is 113 g/mol. The fourth-order valence-corrected chi connectivity index (χ4v) is 0.715. The van der Waals surface area contributed by atoms with Gasteiger partial charge >= 0.3 is 0 Å². The molecule has 1 aliphatic heterocycles. The summed E-state index contributed by atoms with van der Waals surface area (Å²) in [4.78, 5) is 0. The summed E-state index contributed by atoms with van der Waals surface area (Å²) in [6, 6.07) is 0. The molecule has 2 heteroatoms. The van der Waals surface area contributed by atoms with Crippen LogP contribution in [0.4, 0.5) is 0 Å². The van der Waals surface area contributed by atoms with Crippen LogP contribution in [0.2, 0.25) is 0 Å². The molecule has 0 amide bonds. The molecule has 0 aromatic carbocycles. The molecule has 1 rings (SSSR count). The van der Waals surface area contributed by atoms with E-state index in [9.17, 15) is 5.11 Å². The van der Waals surface area contributed by atoms with Crippen LogP contribution in [0.5, 0.6) is 0 Å². The zero-order valence-corrected chi connectivity index (χ0v) is 4.94. The Morgan fingerprint density at radius 3 is 2.75 bits per heavy atom. The van der Waals surface area contributed by atoms with Gasteiger partial charge < -0.3 is 9.84 Å². The Hall–Kier alpha value is -0.660. The second-order valence-corrected chi connectivity index (χ2v) is 1.93. The highest BCUT2D eigenvalue weighted by Gasteiger charge is 1.99.